The highest BCUT2D eigenvalue weighted by Gasteiger charge is 2.22. The Bertz CT molecular complexity index is 591. The van der Waals surface area contributed by atoms with Crippen LogP contribution in [0.25, 0.3) is 11.1 Å². The molecule has 0 heterocycles. The van der Waals surface area contributed by atoms with Gasteiger partial charge in [0.05, 0.1) is 4.47 Å². The normalized spacial score (nSPS) is 12.4. The molecule has 3 rings (SSSR count). The third-order valence-electron chi connectivity index (χ3n) is 2.93. The Balaban J connectivity index is 2.30. The molecule has 1 aliphatic carbocycles. The topological polar surface area (TPSA) is 0 Å². The Hall–Kier alpha value is -1.22. The van der Waals surface area contributed by atoms with Gasteiger partial charge >= 0.3 is 0 Å². The van der Waals surface area contributed by atoms with Crippen LogP contribution in [0.3, 0.4) is 0 Å². The van der Waals surface area contributed by atoms with Gasteiger partial charge in [-0.2, -0.15) is 0 Å². The average molecular weight is 281 g/mol. The first-order valence-electron chi connectivity index (χ1n) is 4.92. The molecular formula is C13H7BrF2. The summed E-state index contributed by atoms with van der Waals surface area (Å²) < 4.78 is 27.0. The highest BCUT2D eigenvalue weighted by Crippen LogP contribution is 2.41. The van der Waals surface area contributed by atoms with Gasteiger partial charge in [0.1, 0.15) is 11.6 Å². The van der Waals surface area contributed by atoms with Gasteiger partial charge in [0.15, 0.2) is 0 Å². The molecule has 0 spiro atoms. The Morgan fingerprint density at radius 3 is 2.62 bits per heavy atom. The summed E-state index contributed by atoms with van der Waals surface area (Å²) in [4.78, 5) is 0. The third kappa shape index (κ3) is 1.31. The second-order valence-corrected chi connectivity index (χ2v) is 4.66. The van der Waals surface area contributed by atoms with E-state index in [0.29, 0.717) is 10.9 Å². The largest absolute Gasteiger partial charge is 0.207 e. The number of halogens is 3. The van der Waals surface area contributed by atoms with Crippen LogP contribution in [-0.4, -0.2) is 0 Å². The van der Waals surface area contributed by atoms with E-state index < -0.39 is 0 Å². The van der Waals surface area contributed by atoms with Gasteiger partial charge in [-0.25, -0.2) is 8.78 Å². The Morgan fingerprint density at radius 1 is 1.00 bits per heavy atom. The first-order valence-corrected chi connectivity index (χ1v) is 5.72. The zero-order chi connectivity index (χ0) is 11.3. The van der Waals surface area contributed by atoms with Crippen LogP contribution in [0, 0.1) is 11.6 Å². The van der Waals surface area contributed by atoms with Crippen LogP contribution < -0.4 is 0 Å². The molecule has 0 aliphatic heterocycles. The molecule has 2 aromatic rings. The van der Waals surface area contributed by atoms with Crippen molar-refractivity contribution < 1.29 is 8.78 Å². The lowest BCUT2D eigenvalue weighted by molar-refractivity contribution is 0.619. The van der Waals surface area contributed by atoms with E-state index in [0.717, 1.165) is 22.3 Å². The molecule has 0 unspecified atom stereocenters. The summed E-state index contributed by atoms with van der Waals surface area (Å²) in [6, 6.07) is 7.82. The SMILES string of the molecule is Fc1ccc2c(c1)-c1ccc(F)c(Br)c1C2. The second-order valence-electron chi connectivity index (χ2n) is 3.87. The monoisotopic (exact) mass is 280 g/mol. The van der Waals surface area contributed by atoms with Gasteiger partial charge in [0.25, 0.3) is 0 Å². The molecule has 80 valence electrons. The molecule has 0 atom stereocenters. The van der Waals surface area contributed by atoms with Crippen LogP contribution in [0.2, 0.25) is 0 Å². The van der Waals surface area contributed by atoms with Crippen molar-refractivity contribution in [3.05, 3.63) is 57.6 Å². The molecule has 0 amide bonds. The molecule has 1 aliphatic rings. The highest BCUT2D eigenvalue weighted by molar-refractivity contribution is 9.10. The molecule has 0 fully saturated rings. The van der Waals surface area contributed by atoms with Crippen LogP contribution >= 0.6 is 15.9 Å². The van der Waals surface area contributed by atoms with E-state index in [1.54, 1.807) is 12.1 Å². The van der Waals surface area contributed by atoms with Gasteiger partial charge < -0.3 is 0 Å². The van der Waals surface area contributed by atoms with Crippen LogP contribution in [-0.2, 0) is 6.42 Å². The van der Waals surface area contributed by atoms with Gasteiger partial charge in [0, 0.05) is 0 Å². The fourth-order valence-electron chi connectivity index (χ4n) is 2.16. The van der Waals surface area contributed by atoms with Gasteiger partial charge in [-0.05, 0) is 62.8 Å². The Kier molecular flexibility index (Phi) is 2.11. The second kappa shape index (κ2) is 3.39. The fourth-order valence-corrected chi connectivity index (χ4v) is 2.65. The molecule has 3 heteroatoms. The van der Waals surface area contributed by atoms with Gasteiger partial charge in [-0.1, -0.05) is 12.1 Å². The molecule has 0 nitrogen and oxygen atoms in total. The minimum absolute atomic E-state index is 0.257. The summed E-state index contributed by atoms with van der Waals surface area (Å²) in [5.74, 6) is -0.529. The molecule has 0 saturated carbocycles. The molecule has 0 N–H and O–H groups in total. The lowest BCUT2D eigenvalue weighted by Gasteiger charge is -2.03. The number of hydrogen-bond acceptors (Lipinski definition) is 0. The summed E-state index contributed by atoms with van der Waals surface area (Å²) in [5, 5.41) is 0. The van der Waals surface area contributed by atoms with E-state index in [1.807, 2.05) is 0 Å². The third-order valence-corrected chi connectivity index (χ3v) is 3.78. The van der Waals surface area contributed by atoms with Crippen molar-refractivity contribution in [3.8, 4) is 11.1 Å². The van der Waals surface area contributed by atoms with E-state index in [1.165, 1.54) is 18.2 Å². The minimum atomic E-state index is -0.271. The lowest BCUT2D eigenvalue weighted by atomic mass is 10.1. The van der Waals surface area contributed by atoms with Crippen molar-refractivity contribution in [2.45, 2.75) is 6.42 Å². The predicted molar refractivity (Wildman–Crippen MR) is 62.3 cm³/mol. The molecule has 0 aromatic heterocycles. The van der Waals surface area contributed by atoms with E-state index in [2.05, 4.69) is 15.9 Å². The summed E-state index contributed by atoms with van der Waals surface area (Å²) in [5.41, 5.74) is 3.74. The molecule has 2 aromatic carbocycles. The molecule has 0 bridgehead atoms. The summed E-state index contributed by atoms with van der Waals surface area (Å²) in [6.07, 6.45) is 0.656. The van der Waals surface area contributed by atoms with Crippen LogP contribution in [0.4, 0.5) is 8.78 Å². The summed E-state index contributed by atoms with van der Waals surface area (Å²) >= 11 is 3.24. The van der Waals surface area contributed by atoms with Crippen molar-refractivity contribution in [2.24, 2.45) is 0 Å². The first kappa shape index (κ1) is 9.97. The van der Waals surface area contributed by atoms with Crippen LogP contribution in [0.15, 0.2) is 34.8 Å². The lowest BCUT2D eigenvalue weighted by Crippen LogP contribution is -1.86. The van der Waals surface area contributed by atoms with E-state index in [9.17, 15) is 8.78 Å². The molecule has 16 heavy (non-hydrogen) atoms. The van der Waals surface area contributed by atoms with Crippen molar-refractivity contribution >= 4 is 15.9 Å². The summed E-state index contributed by atoms with van der Waals surface area (Å²) in [7, 11) is 0. The van der Waals surface area contributed by atoms with Gasteiger partial charge in [-0.15, -0.1) is 0 Å². The minimum Gasteiger partial charge on any atom is -0.207 e. The van der Waals surface area contributed by atoms with Crippen molar-refractivity contribution in [2.75, 3.05) is 0 Å². The Morgan fingerprint density at radius 2 is 1.81 bits per heavy atom. The maximum Gasteiger partial charge on any atom is 0.137 e. The smallest absolute Gasteiger partial charge is 0.137 e. The van der Waals surface area contributed by atoms with Crippen LogP contribution in [0.5, 0.6) is 0 Å². The first-order chi connectivity index (χ1) is 7.66. The number of fused-ring (bicyclic) bond motifs is 3. The standard InChI is InChI=1S/C13H7BrF2/c14-13-11-5-7-1-2-8(15)6-10(7)9(11)3-4-12(13)16/h1-4,6H,5H2. The summed E-state index contributed by atoms with van der Waals surface area (Å²) in [6.45, 7) is 0. The predicted octanol–water partition coefficient (Wildman–Crippen LogP) is 4.30. The maximum atomic E-state index is 13.4. The molecule has 0 radical (unpaired) electrons. The molecular weight excluding hydrogens is 274 g/mol. The number of hydrogen-bond donors (Lipinski definition) is 0. The zero-order valence-electron chi connectivity index (χ0n) is 8.23. The van der Waals surface area contributed by atoms with Crippen LogP contribution in [0.1, 0.15) is 11.1 Å². The number of benzene rings is 2. The van der Waals surface area contributed by atoms with E-state index in [-0.39, 0.29) is 11.6 Å². The highest BCUT2D eigenvalue weighted by atomic mass is 79.9. The number of rotatable bonds is 0. The fraction of sp³-hybridized carbons (Fsp3) is 0.0769. The van der Waals surface area contributed by atoms with Crippen molar-refractivity contribution in [3.63, 3.8) is 0 Å². The van der Waals surface area contributed by atoms with Gasteiger partial charge in [-0.3, -0.25) is 0 Å². The zero-order valence-corrected chi connectivity index (χ0v) is 9.81. The maximum absolute atomic E-state index is 13.4. The Labute approximate surface area is 100 Å². The average Bonchev–Trinajstić information content (AvgIpc) is 2.62. The molecule has 0 saturated heterocycles. The van der Waals surface area contributed by atoms with Crippen molar-refractivity contribution in [1.82, 2.24) is 0 Å². The quantitative estimate of drug-likeness (QED) is 0.576. The van der Waals surface area contributed by atoms with Crippen molar-refractivity contribution in [1.29, 1.82) is 0 Å². The van der Waals surface area contributed by atoms with Gasteiger partial charge in [0.2, 0.25) is 0 Å². The van der Waals surface area contributed by atoms with E-state index >= 15 is 0 Å². The van der Waals surface area contributed by atoms with E-state index in [4.69, 9.17) is 0 Å².